The molecule has 2 heterocycles. The van der Waals surface area contributed by atoms with Crippen molar-refractivity contribution in [3.05, 3.63) is 71.4 Å². The summed E-state index contributed by atoms with van der Waals surface area (Å²) in [4.78, 5) is 14.9. The summed E-state index contributed by atoms with van der Waals surface area (Å²) in [5.74, 6) is -0.643. The average molecular weight is 391 g/mol. The number of pyridine rings is 1. The molecule has 6 nitrogen and oxygen atoms in total. The van der Waals surface area contributed by atoms with Crippen molar-refractivity contribution in [2.75, 3.05) is 4.90 Å². The molecule has 1 atom stereocenters. The first-order valence-corrected chi connectivity index (χ1v) is 9.56. The van der Waals surface area contributed by atoms with E-state index < -0.39 is 0 Å². The maximum absolute atomic E-state index is 13.2. The van der Waals surface area contributed by atoms with Crippen LogP contribution in [0.4, 0.5) is 5.69 Å². The standard InChI is InChI=1S/C23H22N2O4/c1-14-4-3-11-24(29)22(14)17-7-10-20-16(12-17)6-5-15(2)25(20)23(28)19-9-8-18(26)13-21(19)27/h3-4,7-13,15H,5-6H2,1-2H3,(H2-,26,27,28,29)/p+1. The number of carbonyl (C=O) groups is 1. The molecule has 0 bridgehead atoms. The molecule has 3 aromatic rings. The number of fused-ring (bicyclic) bond motifs is 1. The molecule has 3 N–H and O–H groups in total. The van der Waals surface area contributed by atoms with Crippen molar-refractivity contribution >= 4 is 11.6 Å². The van der Waals surface area contributed by atoms with Gasteiger partial charge in [-0.05, 0) is 68.7 Å². The number of rotatable bonds is 2. The number of amides is 1. The van der Waals surface area contributed by atoms with Gasteiger partial charge in [0.1, 0.15) is 11.5 Å². The lowest BCUT2D eigenvalue weighted by Crippen LogP contribution is -2.42. The van der Waals surface area contributed by atoms with Gasteiger partial charge in [-0.2, -0.15) is 0 Å². The Kier molecular flexibility index (Phi) is 4.62. The summed E-state index contributed by atoms with van der Waals surface area (Å²) >= 11 is 0. The van der Waals surface area contributed by atoms with Crippen molar-refractivity contribution in [3.8, 4) is 22.8 Å². The van der Waals surface area contributed by atoms with Crippen LogP contribution in [-0.2, 0) is 6.42 Å². The minimum Gasteiger partial charge on any atom is -0.508 e. The lowest BCUT2D eigenvalue weighted by atomic mass is 9.92. The summed E-state index contributed by atoms with van der Waals surface area (Å²) in [5.41, 5.74) is 4.49. The molecule has 0 radical (unpaired) electrons. The Morgan fingerprint density at radius 2 is 1.93 bits per heavy atom. The van der Waals surface area contributed by atoms with Crippen LogP contribution in [0.3, 0.4) is 0 Å². The van der Waals surface area contributed by atoms with Gasteiger partial charge in [0.2, 0.25) is 6.20 Å². The second-order valence-corrected chi connectivity index (χ2v) is 7.49. The highest BCUT2D eigenvalue weighted by molar-refractivity contribution is 6.09. The van der Waals surface area contributed by atoms with Crippen LogP contribution in [0.5, 0.6) is 11.5 Å². The van der Waals surface area contributed by atoms with Gasteiger partial charge >= 0.3 is 0 Å². The van der Waals surface area contributed by atoms with E-state index in [1.807, 2.05) is 38.1 Å². The van der Waals surface area contributed by atoms with E-state index in [1.54, 1.807) is 17.2 Å². The number of aromatic hydroxyl groups is 2. The quantitative estimate of drug-likeness (QED) is 0.460. The molecule has 0 saturated carbocycles. The van der Waals surface area contributed by atoms with Gasteiger partial charge in [-0.15, -0.1) is 0 Å². The van der Waals surface area contributed by atoms with Crippen LogP contribution in [0.15, 0.2) is 54.7 Å². The first kappa shape index (κ1) is 18.8. The van der Waals surface area contributed by atoms with Crippen LogP contribution in [-0.4, -0.2) is 27.4 Å². The maximum Gasteiger partial charge on any atom is 0.267 e. The van der Waals surface area contributed by atoms with E-state index in [0.717, 1.165) is 39.9 Å². The Hall–Kier alpha value is -3.54. The van der Waals surface area contributed by atoms with Crippen molar-refractivity contribution in [2.24, 2.45) is 0 Å². The predicted octanol–water partition coefficient (Wildman–Crippen LogP) is 3.58. The Morgan fingerprint density at radius 3 is 2.66 bits per heavy atom. The van der Waals surface area contributed by atoms with E-state index in [-0.39, 0.29) is 29.0 Å². The topological polar surface area (TPSA) is 84.9 Å². The molecule has 1 unspecified atom stereocenters. The normalized spacial score (nSPS) is 15.8. The van der Waals surface area contributed by atoms with Crippen molar-refractivity contribution in [3.63, 3.8) is 0 Å². The van der Waals surface area contributed by atoms with Crippen LogP contribution in [0, 0.1) is 6.92 Å². The molecule has 1 aliphatic rings. The molecule has 0 fully saturated rings. The summed E-state index contributed by atoms with van der Waals surface area (Å²) in [6.07, 6.45) is 3.19. The highest BCUT2D eigenvalue weighted by atomic mass is 16.5. The summed E-state index contributed by atoms with van der Waals surface area (Å²) < 4.78 is 1.11. The Labute approximate surface area is 168 Å². The van der Waals surface area contributed by atoms with Gasteiger partial charge in [0.05, 0.1) is 11.1 Å². The van der Waals surface area contributed by atoms with E-state index in [9.17, 15) is 20.2 Å². The molecule has 0 saturated heterocycles. The van der Waals surface area contributed by atoms with Gasteiger partial charge in [0.25, 0.3) is 11.6 Å². The van der Waals surface area contributed by atoms with Crippen LogP contribution in [0.2, 0.25) is 0 Å². The molecule has 1 amide bonds. The molecule has 0 spiro atoms. The number of phenolic OH excluding ortho intramolecular Hbond substituents is 2. The van der Waals surface area contributed by atoms with Crippen molar-refractivity contribution in [1.29, 1.82) is 0 Å². The first-order valence-electron chi connectivity index (χ1n) is 9.56. The van der Waals surface area contributed by atoms with Gasteiger partial charge in [-0.3, -0.25) is 10.0 Å². The molecule has 148 valence electrons. The lowest BCUT2D eigenvalue weighted by molar-refractivity contribution is -0.896. The van der Waals surface area contributed by atoms with Gasteiger partial charge in [-0.1, -0.05) is 0 Å². The molecule has 2 aromatic carbocycles. The second-order valence-electron chi connectivity index (χ2n) is 7.49. The van der Waals surface area contributed by atoms with E-state index in [2.05, 4.69) is 0 Å². The zero-order valence-corrected chi connectivity index (χ0v) is 16.3. The van der Waals surface area contributed by atoms with Gasteiger partial charge in [0, 0.05) is 34.2 Å². The lowest BCUT2D eigenvalue weighted by Gasteiger charge is -2.35. The molecule has 6 heteroatoms. The third-order valence-corrected chi connectivity index (χ3v) is 5.49. The fraction of sp³-hybridized carbons (Fsp3) is 0.217. The monoisotopic (exact) mass is 391 g/mol. The second kappa shape index (κ2) is 7.13. The minimum absolute atomic E-state index is 0.0321. The fourth-order valence-electron chi connectivity index (χ4n) is 4.00. The van der Waals surface area contributed by atoms with E-state index in [0.29, 0.717) is 5.69 Å². The van der Waals surface area contributed by atoms with Crippen molar-refractivity contribution in [2.45, 2.75) is 32.7 Å². The summed E-state index contributed by atoms with van der Waals surface area (Å²) in [6.45, 7) is 3.92. The summed E-state index contributed by atoms with van der Waals surface area (Å²) in [5, 5.41) is 29.9. The Balaban J connectivity index is 1.77. The Bertz CT molecular complexity index is 1090. The highest BCUT2D eigenvalue weighted by Crippen LogP contribution is 2.36. The smallest absolute Gasteiger partial charge is 0.267 e. The molecule has 29 heavy (non-hydrogen) atoms. The number of nitrogens with zero attached hydrogens (tertiary/aromatic N) is 2. The number of phenols is 2. The number of hydrogen-bond donors (Lipinski definition) is 3. The van der Waals surface area contributed by atoms with Crippen LogP contribution >= 0.6 is 0 Å². The van der Waals surface area contributed by atoms with E-state index in [1.165, 1.54) is 18.2 Å². The third kappa shape index (κ3) is 3.27. The van der Waals surface area contributed by atoms with Crippen LogP contribution in [0.25, 0.3) is 11.3 Å². The van der Waals surface area contributed by atoms with Gasteiger partial charge in [0.15, 0.2) is 0 Å². The van der Waals surface area contributed by atoms with Gasteiger partial charge < -0.3 is 15.1 Å². The Morgan fingerprint density at radius 1 is 1.14 bits per heavy atom. The maximum atomic E-state index is 13.2. The van der Waals surface area contributed by atoms with Crippen molar-refractivity contribution in [1.82, 2.24) is 0 Å². The minimum atomic E-state index is -0.309. The zero-order chi connectivity index (χ0) is 20.7. The SMILES string of the molecule is Cc1ccc[n+](O)c1-c1ccc2c(c1)CCC(C)N2C(=O)c1ccc(O)cc1O. The molecule has 0 aliphatic carbocycles. The molecular weight excluding hydrogens is 368 g/mol. The largest absolute Gasteiger partial charge is 0.508 e. The molecule has 4 rings (SSSR count). The zero-order valence-electron chi connectivity index (χ0n) is 16.3. The molecular formula is C23H23N2O4+. The number of hydrogen-bond acceptors (Lipinski definition) is 4. The fourth-order valence-corrected chi connectivity index (χ4v) is 4.00. The van der Waals surface area contributed by atoms with Gasteiger partial charge in [-0.25, -0.2) is 0 Å². The average Bonchev–Trinajstić information content (AvgIpc) is 2.67. The summed E-state index contributed by atoms with van der Waals surface area (Å²) in [6, 6.07) is 13.5. The third-order valence-electron chi connectivity index (χ3n) is 5.49. The number of aryl methyl sites for hydroxylation is 2. The molecule has 1 aromatic heterocycles. The number of anilines is 1. The summed E-state index contributed by atoms with van der Waals surface area (Å²) in [7, 11) is 0. The number of benzene rings is 2. The van der Waals surface area contributed by atoms with Crippen LogP contribution in [0.1, 0.15) is 34.8 Å². The van der Waals surface area contributed by atoms with Crippen molar-refractivity contribution < 1.29 is 24.9 Å². The van der Waals surface area contributed by atoms with E-state index >= 15 is 0 Å². The number of aromatic nitrogens is 1. The van der Waals surface area contributed by atoms with Crippen LogP contribution < -0.4 is 9.63 Å². The highest BCUT2D eigenvalue weighted by Gasteiger charge is 2.31. The predicted molar refractivity (Wildman–Crippen MR) is 108 cm³/mol. The number of carbonyl (C=O) groups excluding carboxylic acids is 1. The van der Waals surface area contributed by atoms with E-state index in [4.69, 9.17) is 0 Å². The first-order chi connectivity index (χ1) is 13.9. The molecule has 1 aliphatic heterocycles.